The first-order valence-corrected chi connectivity index (χ1v) is 13.8. The first-order chi connectivity index (χ1) is 18.4. The van der Waals surface area contributed by atoms with Gasteiger partial charge in [0.05, 0.1) is 43.1 Å². The lowest BCUT2D eigenvalue weighted by atomic mass is 9.73. The first-order valence-electron chi connectivity index (χ1n) is 13.0. The second-order valence-corrected chi connectivity index (χ2v) is 11.4. The summed E-state index contributed by atoms with van der Waals surface area (Å²) in [6, 6.07) is 1.52. The molecule has 12 nitrogen and oxygen atoms in total. The van der Waals surface area contributed by atoms with Gasteiger partial charge in [-0.1, -0.05) is 11.8 Å². The van der Waals surface area contributed by atoms with Crippen molar-refractivity contribution in [3.8, 4) is 5.75 Å². The molecule has 4 N–H and O–H groups in total. The highest BCUT2D eigenvalue weighted by molar-refractivity contribution is 7.99. The number of aliphatic hydroxyl groups excluding tert-OH is 2. The number of pyridine rings is 1. The van der Waals surface area contributed by atoms with Crippen LogP contribution in [0, 0.1) is 5.41 Å². The summed E-state index contributed by atoms with van der Waals surface area (Å²) in [5, 5.41) is 20.0. The van der Waals surface area contributed by atoms with Gasteiger partial charge in [-0.15, -0.1) is 0 Å². The summed E-state index contributed by atoms with van der Waals surface area (Å²) in [5.41, 5.74) is 6.99. The third-order valence-electron chi connectivity index (χ3n) is 8.21. The van der Waals surface area contributed by atoms with Crippen LogP contribution in [-0.4, -0.2) is 100 Å². The van der Waals surface area contributed by atoms with Crippen molar-refractivity contribution < 1.29 is 24.5 Å². The Morgan fingerprint density at radius 3 is 2.76 bits per heavy atom. The summed E-state index contributed by atoms with van der Waals surface area (Å²) in [4.78, 5) is 33.0. The molecular formula is C25H33N7O5S. The van der Waals surface area contributed by atoms with Crippen LogP contribution >= 0.6 is 11.8 Å². The zero-order chi connectivity index (χ0) is 26.4. The molecular weight excluding hydrogens is 510 g/mol. The van der Waals surface area contributed by atoms with Gasteiger partial charge in [0.1, 0.15) is 17.3 Å². The van der Waals surface area contributed by atoms with Gasteiger partial charge in [-0.05, 0) is 25.8 Å². The molecule has 38 heavy (non-hydrogen) atoms. The van der Waals surface area contributed by atoms with E-state index in [-0.39, 0.29) is 49.4 Å². The summed E-state index contributed by atoms with van der Waals surface area (Å²) >= 11 is 1.36. The summed E-state index contributed by atoms with van der Waals surface area (Å²) in [7, 11) is 0. The average molecular weight is 544 g/mol. The molecule has 0 radical (unpaired) electrons. The van der Waals surface area contributed by atoms with Crippen LogP contribution in [0.2, 0.25) is 0 Å². The second kappa shape index (κ2) is 10.1. The molecule has 2 aromatic rings. The molecule has 3 fully saturated rings. The number of carbonyl (C=O) groups is 1. The normalized spacial score (nSPS) is 26.1. The van der Waals surface area contributed by atoms with Crippen molar-refractivity contribution in [2.24, 2.45) is 11.1 Å². The van der Waals surface area contributed by atoms with E-state index in [1.54, 1.807) is 22.2 Å². The van der Waals surface area contributed by atoms with E-state index in [2.05, 4.69) is 9.88 Å². The Morgan fingerprint density at radius 1 is 1.24 bits per heavy atom. The standard InChI is InChI=1S/C25H33N7O5S/c1-15-21(26)25(14-37-15)3-6-30(7-4-25)22-17(12-34)29-19(10-28-22)38-18-2-5-27-23-20(18)36-13-16-11-31(8-9-33)24(35)32(16)23/h2,5,10,15-16,21,33-34H,3-4,6-9,11-14,26H2,1H3/t15-,16?,21+/m0/s1. The molecule has 1 spiro atoms. The van der Waals surface area contributed by atoms with Crippen LogP contribution < -0.4 is 20.3 Å². The molecule has 3 atom stereocenters. The van der Waals surface area contributed by atoms with E-state index >= 15 is 0 Å². The van der Waals surface area contributed by atoms with Crippen molar-refractivity contribution in [1.29, 1.82) is 0 Å². The topological polar surface area (TPSA) is 150 Å². The molecule has 6 rings (SSSR count). The Bertz CT molecular complexity index is 1210. The highest BCUT2D eigenvalue weighted by Crippen LogP contribution is 2.45. The lowest BCUT2D eigenvalue weighted by molar-refractivity contribution is 0.0973. The van der Waals surface area contributed by atoms with Gasteiger partial charge in [0, 0.05) is 43.8 Å². The maximum atomic E-state index is 12.9. The van der Waals surface area contributed by atoms with E-state index in [9.17, 15) is 15.0 Å². The number of hydrogen-bond acceptors (Lipinski definition) is 11. The molecule has 0 saturated carbocycles. The van der Waals surface area contributed by atoms with Crippen molar-refractivity contribution in [2.75, 3.05) is 55.8 Å². The van der Waals surface area contributed by atoms with Gasteiger partial charge in [0.25, 0.3) is 0 Å². The van der Waals surface area contributed by atoms with E-state index in [1.165, 1.54) is 11.8 Å². The SMILES string of the molecule is C[C@@H]1OCC2(CCN(c3ncc(Sc4ccnc5c4OCC4CN(CCO)C(=O)N54)nc3CO)CC2)[C@@H]1N. The molecule has 2 aromatic heterocycles. The smallest absolute Gasteiger partial charge is 0.326 e. The number of anilines is 2. The highest BCUT2D eigenvalue weighted by atomic mass is 32.2. The molecule has 0 aliphatic carbocycles. The molecule has 0 aromatic carbocycles. The number of nitrogens with zero attached hydrogens (tertiary/aromatic N) is 6. The van der Waals surface area contributed by atoms with Crippen LogP contribution in [0.5, 0.6) is 5.75 Å². The number of urea groups is 1. The number of ether oxygens (including phenoxy) is 2. The van der Waals surface area contributed by atoms with Gasteiger partial charge < -0.3 is 35.2 Å². The molecule has 3 saturated heterocycles. The number of amides is 2. The van der Waals surface area contributed by atoms with Crippen molar-refractivity contribution in [2.45, 2.75) is 54.5 Å². The predicted octanol–water partition coefficient (Wildman–Crippen LogP) is 0.843. The van der Waals surface area contributed by atoms with Crippen LogP contribution in [0.15, 0.2) is 28.4 Å². The number of aromatic nitrogens is 3. The van der Waals surface area contributed by atoms with E-state index < -0.39 is 0 Å². The maximum absolute atomic E-state index is 12.9. The summed E-state index contributed by atoms with van der Waals surface area (Å²) in [5.74, 6) is 1.68. The zero-order valence-electron chi connectivity index (χ0n) is 21.3. The number of rotatable bonds is 6. The Balaban J connectivity index is 1.19. The average Bonchev–Trinajstić information content (AvgIpc) is 3.40. The number of nitrogens with two attached hydrogens (primary N) is 1. The summed E-state index contributed by atoms with van der Waals surface area (Å²) < 4.78 is 11.9. The number of β-amino-alcohol motifs (C(OH)–C–C–N with tert-alkyl or cyclic N) is 1. The molecule has 1 unspecified atom stereocenters. The van der Waals surface area contributed by atoms with Crippen molar-refractivity contribution in [1.82, 2.24) is 19.9 Å². The van der Waals surface area contributed by atoms with Gasteiger partial charge in [-0.25, -0.2) is 19.7 Å². The van der Waals surface area contributed by atoms with Gasteiger partial charge >= 0.3 is 6.03 Å². The third kappa shape index (κ3) is 4.26. The number of piperidine rings is 1. The fraction of sp³-hybridized carbons (Fsp3) is 0.600. The highest BCUT2D eigenvalue weighted by Gasteiger charge is 2.48. The van der Waals surface area contributed by atoms with E-state index in [4.69, 9.17) is 25.2 Å². The van der Waals surface area contributed by atoms with Gasteiger partial charge in [-0.3, -0.25) is 4.90 Å². The van der Waals surface area contributed by atoms with Crippen molar-refractivity contribution >= 4 is 29.4 Å². The molecule has 4 aliphatic heterocycles. The fourth-order valence-electron chi connectivity index (χ4n) is 5.98. The fourth-order valence-corrected chi connectivity index (χ4v) is 6.84. The van der Waals surface area contributed by atoms with Crippen LogP contribution in [0.3, 0.4) is 0 Å². The third-order valence-corrected chi connectivity index (χ3v) is 9.16. The molecule has 6 heterocycles. The zero-order valence-corrected chi connectivity index (χ0v) is 22.1. The molecule has 0 bridgehead atoms. The Labute approximate surface area is 225 Å². The van der Waals surface area contributed by atoms with E-state index in [1.807, 2.05) is 13.0 Å². The minimum absolute atomic E-state index is 0.00378. The Morgan fingerprint density at radius 2 is 2.05 bits per heavy atom. The second-order valence-electron chi connectivity index (χ2n) is 10.4. The van der Waals surface area contributed by atoms with Gasteiger partial charge in [-0.2, -0.15) is 0 Å². The number of hydrogen-bond donors (Lipinski definition) is 3. The molecule has 13 heteroatoms. The van der Waals surface area contributed by atoms with Crippen LogP contribution in [0.4, 0.5) is 16.4 Å². The van der Waals surface area contributed by atoms with Crippen LogP contribution in [0.1, 0.15) is 25.5 Å². The van der Waals surface area contributed by atoms with Gasteiger partial charge in [0.15, 0.2) is 17.4 Å². The Kier molecular flexibility index (Phi) is 6.80. The minimum atomic E-state index is -0.229. The monoisotopic (exact) mass is 543 g/mol. The number of carbonyl (C=O) groups excluding carboxylic acids is 1. The van der Waals surface area contributed by atoms with Crippen molar-refractivity contribution in [3.63, 3.8) is 0 Å². The van der Waals surface area contributed by atoms with Crippen LogP contribution in [-0.2, 0) is 11.3 Å². The van der Waals surface area contributed by atoms with Crippen LogP contribution in [0.25, 0.3) is 0 Å². The maximum Gasteiger partial charge on any atom is 0.326 e. The molecule has 204 valence electrons. The van der Waals surface area contributed by atoms with Crippen molar-refractivity contribution in [3.05, 3.63) is 24.2 Å². The first kappa shape index (κ1) is 25.6. The van der Waals surface area contributed by atoms with E-state index in [0.29, 0.717) is 47.9 Å². The Hall–Kier alpha value is -2.71. The summed E-state index contributed by atoms with van der Waals surface area (Å²) in [6.45, 7) is 5.08. The largest absolute Gasteiger partial charge is 0.486 e. The number of fused-ring (bicyclic) bond motifs is 3. The minimum Gasteiger partial charge on any atom is -0.486 e. The predicted molar refractivity (Wildman–Crippen MR) is 139 cm³/mol. The van der Waals surface area contributed by atoms with E-state index in [0.717, 1.165) is 30.8 Å². The quantitative estimate of drug-likeness (QED) is 0.476. The molecule has 2 amide bonds. The number of aliphatic hydroxyl groups is 2. The molecule has 4 aliphatic rings. The lowest BCUT2D eigenvalue weighted by Crippen LogP contribution is -2.51. The van der Waals surface area contributed by atoms with Gasteiger partial charge in [0.2, 0.25) is 0 Å². The summed E-state index contributed by atoms with van der Waals surface area (Å²) in [6.07, 6.45) is 5.24. The lowest BCUT2D eigenvalue weighted by Gasteiger charge is -2.41.